The van der Waals surface area contributed by atoms with Crippen molar-refractivity contribution in [2.45, 2.75) is 26.2 Å². The molecule has 57 valence electrons. The van der Waals surface area contributed by atoms with Gasteiger partial charge in [-0.1, -0.05) is 43.7 Å². The van der Waals surface area contributed by atoms with Crippen LogP contribution in [-0.4, -0.2) is 8.41 Å². The first-order valence-electron chi connectivity index (χ1n) is 3.97. The molecule has 0 nitrogen and oxygen atoms in total. The fourth-order valence-corrected chi connectivity index (χ4v) is 1.03. The molecule has 0 aromatic heterocycles. The van der Waals surface area contributed by atoms with Crippen molar-refractivity contribution in [3.8, 4) is 0 Å². The van der Waals surface area contributed by atoms with E-state index in [1.54, 1.807) is 0 Å². The molecule has 0 saturated carbocycles. The monoisotopic (exact) mass is 145 g/mol. The van der Waals surface area contributed by atoms with Crippen molar-refractivity contribution in [3.05, 3.63) is 35.9 Å². The highest BCUT2D eigenvalue weighted by Crippen LogP contribution is 2.03. The third-order valence-corrected chi connectivity index (χ3v) is 1.66. The van der Waals surface area contributed by atoms with Crippen molar-refractivity contribution in [2.75, 3.05) is 0 Å². The second kappa shape index (κ2) is 6.02. The van der Waals surface area contributed by atoms with Crippen molar-refractivity contribution in [2.24, 2.45) is 0 Å². The summed E-state index contributed by atoms with van der Waals surface area (Å²) in [6.07, 6.45) is 3.83. The molecular weight excluding hydrogens is 131 g/mol. The summed E-state index contributed by atoms with van der Waals surface area (Å²) >= 11 is 0. The zero-order valence-corrected chi connectivity index (χ0v) is 7.09. The van der Waals surface area contributed by atoms with Gasteiger partial charge in [0.25, 0.3) is 0 Å². The fourth-order valence-electron chi connectivity index (χ4n) is 1.03. The summed E-state index contributed by atoms with van der Waals surface area (Å²) in [4.78, 5) is 0. The standard InChI is InChI=1S/C10H14.B/c1-2-3-7-10-8-5-4-6-9-10;/h4-6,8-9H,2-3,7H2,1H3;. The SMILES string of the molecule is CCCCc1ccccc1.[B]. The molecular formula is C10H14B. The van der Waals surface area contributed by atoms with Gasteiger partial charge in [-0.3, -0.25) is 0 Å². The molecule has 0 amide bonds. The van der Waals surface area contributed by atoms with Crippen LogP contribution in [0.1, 0.15) is 25.3 Å². The minimum atomic E-state index is 0. The lowest BCUT2D eigenvalue weighted by Crippen LogP contribution is -1.81. The van der Waals surface area contributed by atoms with Gasteiger partial charge in [-0.15, -0.1) is 0 Å². The van der Waals surface area contributed by atoms with E-state index in [1.165, 1.54) is 24.8 Å². The molecule has 3 radical (unpaired) electrons. The highest BCUT2D eigenvalue weighted by Gasteiger charge is 1.87. The summed E-state index contributed by atoms with van der Waals surface area (Å²) in [6, 6.07) is 10.6. The van der Waals surface area contributed by atoms with E-state index in [1.807, 2.05) is 0 Å². The third kappa shape index (κ3) is 3.87. The lowest BCUT2D eigenvalue weighted by molar-refractivity contribution is 0.795. The first-order valence-corrected chi connectivity index (χ1v) is 3.97. The molecule has 0 aliphatic rings. The lowest BCUT2D eigenvalue weighted by Gasteiger charge is -1.96. The van der Waals surface area contributed by atoms with Crippen LogP contribution in [0, 0.1) is 0 Å². The molecule has 11 heavy (non-hydrogen) atoms. The Bertz CT molecular complexity index is 169. The Hall–Kier alpha value is -0.715. The van der Waals surface area contributed by atoms with E-state index < -0.39 is 0 Å². The first kappa shape index (κ1) is 10.3. The summed E-state index contributed by atoms with van der Waals surface area (Å²) < 4.78 is 0. The van der Waals surface area contributed by atoms with Crippen molar-refractivity contribution in [1.82, 2.24) is 0 Å². The van der Waals surface area contributed by atoms with E-state index in [4.69, 9.17) is 0 Å². The maximum atomic E-state index is 2.23. The van der Waals surface area contributed by atoms with Gasteiger partial charge in [-0.05, 0) is 18.4 Å². The summed E-state index contributed by atoms with van der Waals surface area (Å²) in [5.74, 6) is 0. The quantitative estimate of drug-likeness (QED) is 0.573. The van der Waals surface area contributed by atoms with Crippen LogP contribution in [0.4, 0.5) is 0 Å². The lowest BCUT2D eigenvalue weighted by atomic mass is 10.1. The molecule has 0 aliphatic carbocycles. The maximum Gasteiger partial charge on any atom is 0 e. The Kier molecular flexibility index (Phi) is 5.63. The number of aryl methyl sites for hydroxylation is 1. The molecule has 0 fully saturated rings. The van der Waals surface area contributed by atoms with Crippen LogP contribution in [0.3, 0.4) is 0 Å². The van der Waals surface area contributed by atoms with Crippen LogP contribution in [-0.2, 0) is 6.42 Å². The molecule has 0 aliphatic heterocycles. The van der Waals surface area contributed by atoms with Gasteiger partial charge in [0.05, 0.1) is 0 Å². The number of hydrogen-bond donors (Lipinski definition) is 0. The average molecular weight is 145 g/mol. The molecule has 0 bridgehead atoms. The van der Waals surface area contributed by atoms with Crippen molar-refractivity contribution in [3.63, 3.8) is 0 Å². The Morgan fingerprint density at radius 3 is 2.27 bits per heavy atom. The highest BCUT2D eigenvalue weighted by molar-refractivity contribution is 5.75. The van der Waals surface area contributed by atoms with Gasteiger partial charge < -0.3 is 0 Å². The second-order valence-electron chi connectivity index (χ2n) is 2.59. The smallest absolute Gasteiger partial charge is 0 e. The average Bonchev–Trinajstić information content (AvgIpc) is 2.03. The molecule has 1 aromatic rings. The number of benzene rings is 1. The number of rotatable bonds is 3. The van der Waals surface area contributed by atoms with Gasteiger partial charge in [0.2, 0.25) is 0 Å². The summed E-state index contributed by atoms with van der Waals surface area (Å²) in [5.41, 5.74) is 1.46. The van der Waals surface area contributed by atoms with Crippen LogP contribution >= 0.6 is 0 Å². The Balaban J connectivity index is 0.000001000. The van der Waals surface area contributed by atoms with Crippen molar-refractivity contribution < 1.29 is 0 Å². The minimum absolute atomic E-state index is 0. The molecule has 0 atom stereocenters. The summed E-state index contributed by atoms with van der Waals surface area (Å²) in [7, 11) is 0. The summed E-state index contributed by atoms with van der Waals surface area (Å²) in [5, 5.41) is 0. The first-order chi connectivity index (χ1) is 4.93. The molecule has 0 saturated heterocycles. The van der Waals surface area contributed by atoms with Gasteiger partial charge in [0.15, 0.2) is 0 Å². The Morgan fingerprint density at radius 1 is 1.09 bits per heavy atom. The zero-order chi connectivity index (χ0) is 7.23. The Morgan fingerprint density at radius 2 is 1.73 bits per heavy atom. The minimum Gasteiger partial charge on any atom is -0.0654 e. The van der Waals surface area contributed by atoms with Gasteiger partial charge in [0, 0.05) is 8.41 Å². The number of unbranched alkanes of at least 4 members (excludes halogenated alkanes) is 1. The molecule has 0 heterocycles. The van der Waals surface area contributed by atoms with Gasteiger partial charge in [-0.25, -0.2) is 0 Å². The molecule has 0 spiro atoms. The van der Waals surface area contributed by atoms with Crippen LogP contribution < -0.4 is 0 Å². The van der Waals surface area contributed by atoms with Crippen LogP contribution in [0.2, 0.25) is 0 Å². The predicted molar refractivity (Wildman–Crippen MR) is 50.8 cm³/mol. The van der Waals surface area contributed by atoms with Crippen LogP contribution in [0.15, 0.2) is 30.3 Å². The highest BCUT2D eigenvalue weighted by atomic mass is 13.9. The van der Waals surface area contributed by atoms with Gasteiger partial charge in [0.1, 0.15) is 0 Å². The van der Waals surface area contributed by atoms with E-state index >= 15 is 0 Å². The fraction of sp³-hybridized carbons (Fsp3) is 0.400. The van der Waals surface area contributed by atoms with Crippen molar-refractivity contribution in [1.29, 1.82) is 0 Å². The molecule has 1 heteroatoms. The number of hydrogen-bond acceptors (Lipinski definition) is 0. The van der Waals surface area contributed by atoms with E-state index in [-0.39, 0.29) is 8.41 Å². The zero-order valence-electron chi connectivity index (χ0n) is 7.09. The van der Waals surface area contributed by atoms with Gasteiger partial charge >= 0.3 is 0 Å². The second-order valence-corrected chi connectivity index (χ2v) is 2.59. The normalized spacial score (nSPS) is 8.82. The molecule has 1 aromatic carbocycles. The van der Waals surface area contributed by atoms with E-state index in [9.17, 15) is 0 Å². The van der Waals surface area contributed by atoms with Crippen molar-refractivity contribution >= 4 is 8.41 Å². The Labute approximate surface area is 71.2 Å². The van der Waals surface area contributed by atoms with Crippen LogP contribution in [0.25, 0.3) is 0 Å². The van der Waals surface area contributed by atoms with E-state index in [0.717, 1.165) is 0 Å². The van der Waals surface area contributed by atoms with Crippen LogP contribution in [0.5, 0.6) is 0 Å². The molecule has 0 N–H and O–H groups in total. The largest absolute Gasteiger partial charge is 0.0654 e. The van der Waals surface area contributed by atoms with Gasteiger partial charge in [-0.2, -0.15) is 0 Å². The molecule has 0 unspecified atom stereocenters. The molecule has 1 rings (SSSR count). The maximum absolute atomic E-state index is 2.23. The van der Waals surface area contributed by atoms with E-state index in [2.05, 4.69) is 37.3 Å². The summed E-state index contributed by atoms with van der Waals surface area (Å²) in [6.45, 7) is 2.23. The third-order valence-electron chi connectivity index (χ3n) is 1.66. The topological polar surface area (TPSA) is 0 Å². The van der Waals surface area contributed by atoms with E-state index in [0.29, 0.717) is 0 Å². The predicted octanol–water partition coefficient (Wildman–Crippen LogP) is 2.65.